The average molecular weight is 520 g/mol. The van der Waals surface area contributed by atoms with E-state index in [0.717, 1.165) is 25.7 Å². The highest BCUT2D eigenvalue weighted by Gasteiger charge is 2.67. The first-order chi connectivity index (χ1) is 17.9. The van der Waals surface area contributed by atoms with Crippen molar-refractivity contribution in [3.05, 3.63) is 36.0 Å². The number of Topliss-reactive ketones (excluding diaryl/α,β-unsaturated/α-hetero) is 1. The summed E-state index contributed by atoms with van der Waals surface area (Å²) in [6, 6.07) is 0. The van der Waals surface area contributed by atoms with Gasteiger partial charge in [0.05, 0.1) is 6.33 Å². The maximum Gasteiger partial charge on any atom is 0.303 e. The van der Waals surface area contributed by atoms with Crippen molar-refractivity contribution in [2.24, 2.45) is 28.6 Å². The predicted octanol–water partition coefficient (Wildman–Crippen LogP) is 4.51. The zero-order valence-electron chi connectivity index (χ0n) is 22.8. The van der Waals surface area contributed by atoms with Gasteiger partial charge >= 0.3 is 5.97 Å². The van der Waals surface area contributed by atoms with Crippen molar-refractivity contribution in [2.45, 2.75) is 78.7 Å². The number of anilines is 1. The van der Waals surface area contributed by atoms with Crippen LogP contribution in [0.2, 0.25) is 0 Å². The number of carbonyl (C=O) groups excluding carboxylic acids is 3. The van der Waals surface area contributed by atoms with Crippen LogP contribution in [0.4, 0.5) is 5.82 Å². The summed E-state index contributed by atoms with van der Waals surface area (Å²) in [6.45, 7) is 9.63. The number of aromatic nitrogens is 4. The molecule has 2 fully saturated rings. The molecule has 2 aromatic rings. The fraction of sp³-hybridized carbons (Fsp3) is 0.586. The molecule has 9 nitrogen and oxygen atoms in total. The molecule has 0 amide bonds. The molecule has 0 bridgehead atoms. The Morgan fingerprint density at radius 3 is 2.50 bits per heavy atom. The van der Waals surface area contributed by atoms with Crippen molar-refractivity contribution in [3.63, 3.8) is 0 Å². The number of nitrogens with one attached hydrogen (secondary N) is 1. The monoisotopic (exact) mass is 519 g/mol. The summed E-state index contributed by atoms with van der Waals surface area (Å²) in [7, 11) is 0. The van der Waals surface area contributed by atoms with Crippen LogP contribution >= 0.6 is 0 Å². The molecule has 4 aliphatic rings. The number of fused-ring (bicyclic) bond motifs is 6. The van der Waals surface area contributed by atoms with Crippen molar-refractivity contribution in [1.82, 2.24) is 19.9 Å². The van der Waals surface area contributed by atoms with Gasteiger partial charge in [0.25, 0.3) is 0 Å². The lowest BCUT2D eigenvalue weighted by Gasteiger charge is -2.58. The average Bonchev–Trinajstić information content (AvgIpc) is 3.45. The number of ketones is 2. The van der Waals surface area contributed by atoms with Gasteiger partial charge in [-0.1, -0.05) is 25.5 Å². The minimum Gasteiger partial charge on any atom is -0.451 e. The zero-order chi connectivity index (χ0) is 27.5. The van der Waals surface area contributed by atoms with Crippen LogP contribution < -0.4 is 5.73 Å². The molecular weight excluding hydrogens is 482 g/mol. The van der Waals surface area contributed by atoms with E-state index in [4.69, 9.17) is 10.5 Å². The normalized spacial score (nSPS) is 35.6. The number of esters is 1. The number of H-pyrrole nitrogens is 1. The van der Waals surface area contributed by atoms with E-state index < -0.39 is 5.60 Å². The molecule has 4 aliphatic carbocycles. The summed E-state index contributed by atoms with van der Waals surface area (Å²) in [5.74, 6) is 1.46. The Balaban J connectivity index is 0.000000244. The van der Waals surface area contributed by atoms with E-state index in [-0.39, 0.29) is 28.4 Å². The first kappa shape index (κ1) is 26.3. The summed E-state index contributed by atoms with van der Waals surface area (Å²) in [5, 5.41) is 0. The highest BCUT2D eigenvalue weighted by molar-refractivity contribution is 5.92. The number of hydrogen-bond donors (Lipinski definition) is 2. The number of nitrogens with two attached hydrogens (primary N) is 1. The van der Waals surface area contributed by atoms with Crippen molar-refractivity contribution >= 4 is 34.5 Å². The number of ether oxygens (including phenoxy) is 1. The molecule has 9 heteroatoms. The van der Waals surface area contributed by atoms with Gasteiger partial charge in [0.15, 0.2) is 28.6 Å². The van der Waals surface area contributed by atoms with Crippen LogP contribution in [0.15, 0.2) is 36.0 Å². The molecule has 0 aliphatic heterocycles. The Morgan fingerprint density at radius 1 is 1.08 bits per heavy atom. The molecule has 2 saturated carbocycles. The number of aromatic amines is 1. The Kier molecular flexibility index (Phi) is 6.31. The topological polar surface area (TPSA) is 141 Å². The molecule has 202 valence electrons. The lowest BCUT2D eigenvalue weighted by atomic mass is 9.47. The Morgan fingerprint density at radius 2 is 1.82 bits per heavy atom. The SMILES string of the molecule is CC(=O)OC1(C(C)=O)CCC2C3C=C(C)C4=CC(=O)CCC4(C)C3CCC21C.Nc1ncnc2nc[nH]c12. The third kappa shape index (κ3) is 3.81. The second kappa shape index (κ2) is 9.13. The summed E-state index contributed by atoms with van der Waals surface area (Å²) in [4.78, 5) is 51.1. The third-order valence-electron chi connectivity index (χ3n) is 10.1. The lowest BCUT2D eigenvalue weighted by molar-refractivity contribution is -0.185. The van der Waals surface area contributed by atoms with E-state index in [1.807, 2.05) is 6.08 Å². The highest BCUT2D eigenvalue weighted by Crippen LogP contribution is 2.67. The molecule has 0 saturated heterocycles. The van der Waals surface area contributed by atoms with Gasteiger partial charge in [0.2, 0.25) is 0 Å². The molecule has 3 N–H and O–H groups in total. The highest BCUT2D eigenvalue weighted by atomic mass is 16.6. The van der Waals surface area contributed by atoms with Gasteiger partial charge in [-0.3, -0.25) is 14.4 Å². The molecule has 6 rings (SSSR count). The van der Waals surface area contributed by atoms with E-state index >= 15 is 0 Å². The zero-order valence-corrected chi connectivity index (χ0v) is 22.8. The van der Waals surface area contributed by atoms with Crippen LogP contribution in [-0.4, -0.2) is 43.1 Å². The summed E-state index contributed by atoms with van der Waals surface area (Å²) in [6.07, 6.45) is 12.1. The number of imidazole rings is 1. The number of allylic oxidation sites excluding steroid dienone is 4. The van der Waals surface area contributed by atoms with Crippen LogP contribution in [0.1, 0.15) is 73.1 Å². The Hall–Kier alpha value is -3.36. The Bertz CT molecular complexity index is 1380. The molecule has 38 heavy (non-hydrogen) atoms. The number of rotatable bonds is 2. The van der Waals surface area contributed by atoms with Gasteiger partial charge in [-0.05, 0) is 80.8 Å². The van der Waals surface area contributed by atoms with Gasteiger partial charge in [-0.25, -0.2) is 15.0 Å². The lowest BCUT2D eigenvalue weighted by Crippen LogP contribution is -2.58. The van der Waals surface area contributed by atoms with Crippen molar-refractivity contribution in [3.8, 4) is 0 Å². The molecule has 2 heterocycles. The van der Waals surface area contributed by atoms with E-state index in [0.29, 0.717) is 47.6 Å². The molecule has 2 aromatic heterocycles. The predicted molar refractivity (Wildman–Crippen MR) is 143 cm³/mol. The third-order valence-corrected chi connectivity index (χ3v) is 10.1. The van der Waals surface area contributed by atoms with Gasteiger partial charge in [0, 0.05) is 18.8 Å². The first-order valence-corrected chi connectivity index (χ1v) is 13.5. The van der Waals surface area contributed by atoms with Crippen LogP contribution in [-0.2, 0) is 19.1 Å². The first-order valence-electron chi connectivity index (χ1n) is 13.5. The summed E-state index contributed by atoms with van der Waals surface area (Å²) < 4.78 is 5.82. The minimum absolute atomic E-state index is 0.0160. The number of carbonyl (C=O) groups is 3. The molecule has 0 radical (unpaired) electrons. The smallest absolute Gasteiger partial charge is 0.303 e. The van der Waals surface area contributed by atoms with Crippen molar-refractivity contribution in [2.75, 3.05) is 5.73 Å². The van der Waals surface area contributed by atoms with Gasteiger partial charge < -0.3 is 15.5 Å². The largest absolute Gasteiger partial charge is 0.451 e. The van der Waals surface area contributed by atoms with Crippen LogP contribution in [0.25, 0.3) is 11.2 Å². The molecular formula is C29H37N5O4. The minimum atomic E-state index is -0.990. The van der Waals surface area contributed by atoms with Gasteiger partial charge in [0.1, 0.15) is 11.8 Å². The van der Waals surface area contributed by atoms with Gasteiger partial charge in [-0.15, -0.1) is 0 Å². The molecule has 6 atom stereocenters. The van der Waals surface area contributed by atoms with E-state index in [2.05, 4.69) is 46.8 Å². The standard InChI is InChI=1S/C24H32O4.C5H5N5/c1-14-12-18-19(22(4)9-6-17(27)13-21(14)22)7-10-23(5)20(18)8-11-24(23,15(2)25)28-16(3)26;6-4-3-5(9-1-7-3)10-2-8-4/h12-13,18-20H,6-11H2,1-5H3;1-2H,(H3,6,7,8,9,10). The number of hydrogen-bond acceptors (Lipinski definition) is 8. The maximum atomic E-state index is 12.8. The van der Waals surface area contributed by atoms with E-state index in [1.54, 1.807) is 6.92 Å². The molecule has 0 spiro atoms. The summed E-state index contributed by atoms with van der Waals surface area (Å²) in [5.41, 5.74) is 7.93. The number of nitrogens with zero attached hydrogens (tertiary/aromatic N) is 3. The van der Waals surface area contributed by atoms with Crippen LogP contribution in [0, 0.1) is 28.6 Å². The maximum absolute atomic E-state index is 12.8. The molecule has 6 unspecified atom stereocenters. The van der Waals surface area contributed by atoms with E-state index in [9.17, 15) is 14.4 Å². The molecule has 0 aromatic carbocycles. The second-order valence-electron chi connectivity index (χ2n) is 11.9. The second-order valence-corrected chi connectivity index (χ2v) is 11.9. The van der Waals surface area contributed by atoms with Crippen molar-refractivity contribution in [1.29, 1.82) is 0 Å². The van der Waals surface area contributed by atoms with Crippen LogP contribution in [0.5, 0.6) is 0 Å². The fourth-order valence-electron chi connectivity index (χ4n) is 8.26. The van der Waals surface area contributed by atoms with E-state index in [1.165, 1.54) is 30.7 Å². The number of nitrogen functional groups attached to an aromatic ring is 1. The Labute approximate surface area is 222 Å². The summed E-state index contributed by atoms with van der Waals surface area (Å²) >= 11 is 0. The van der Waals surface area contributed by atoms with Crippen LogP contribution in [0.3, 0.4) is 0 Å². The fourth-order valence-corrected chi connectivity index (χ4v) is 8.26. The quantitative estimate of drug-likeness (QED) is 0.552. The van der Waals surface area contributed by atoms with Gasteiger partial charge in [-0.2, -0.15) is 0 Å². The van der Waals surface area contributed by atoms with Crippen molar-refractivity contribution < 1.29 is 19.1 Å².